The van der Waals surface area contributed by atoms with E-state index in [-0.39, 0.29) is 22.7 Å². The number of benzene rings is 2. The van der Waals surface area contributed by atoms with Gasteiger partial charge >= 0.3 is 0 Å². The van der Waals surface area contributed by atoms with Crippen LogP contribution < -0.4 is 16.2 Å². The van der Waals surface area contributed by atoms with Crippen molar-refractivity contribution in [2.75, 3.05) is 17.4 Å². The molecule has 0 saturated heterocycles. The highest BCUT2D eigenvalue weighted by molar-refractivity contribution is 5.92. The maximum absolute atomic E-state index is 13.6. The van der Waals surface area contributed by atoms with Crippen molar-refractivity contribution < 1.29 is 13.2 Å². The molecule has 0 unspecified atom stereocenters. The lowest BCUT2D eigenvalue weighted by molar-refractivity contribution is 0.510. The van der Waals surface area contributed by atoms with Crippen molar-refractivity contribution in [3.8, 4) is 0 Å². The van der Waals surface area contributed by atoms with Crippen LogP contribution in [0.25, 0.3) is 10.9 Å². The normalized spacial score (nSPS) is 10.8. The van der Waals surface area contributed by atoms with Crippen molar-refractivity contribution in [1.82, 2.24) is 9.97 Å². The molecule has 0 amide bonds. The molecule has 1 aromatic heterocycles. The Balaban J connectivity index is 2.24. The Morgan fingerprint density at radius 3 is 2.48 bits per heavy atom. The van der Waals surface area contributed by atoms with E-state index in [2.05, 4.69) is 15.4 Å². The molecule has 23 heavy (non-hydrogen) atoms. The van der Waals surface area contributed by atoms with Crippen molar-refractivity contribution >= 4 is 28.4 Å². The second kappa shape index (κ2) is 5.73. The minimum atomic E-state index is -1.03. The van der Waals surface area contributed by atoms with Gasteiger partial charge in [0.2, 0.25) is 5.95 Å². The molecule has 0 aliphatic heterocycles. The number of aromatic nitrogens is 2. The van der Waals surface area contributed by atoms with Gasteiger partial charge in [-0.3, -0.25) is 5.43 Å². The quantitative estimate of drug-likeness (QED) is 0.573. The van der Waals surface area contributed by atoms with Gasteiger partial charge in [0.25, 0.3) is 0 Å². The smallest absolute Gasteiger partial charge is 0.239 e. The molecule has 0 aliphatic carbocycles. The van der Waals surface area contributed by atoms with Crippen LogP contribution in [0.4, 0.5) is 30.6 Å². The largest absolute Gasteiger partial charge is 0.329 e. The second-order valence-corrected chi connectivity index (χ2v) is 4.84. The van der Waals surface area contributed by atoms with Crippen LogP contribution >= 0.6 is 0 Å². The van der Waals surface area contributed by atoms with Gasteiger partial charge in [0.15, 0.2) is 11.6 Å². The fourth-order valence-electron chi connectivity index (χ4n) is 2.23. The van der Waals surface area contributed by atoms with Crippen LogP contribution in [0.5, 0.6) is 0 Å². The summed E-state index contributed by atoms with van der Waals surface area (Å²) >= 11 is 0. The van der Waals surface area contributed by atoms with Gasteiger partial charge in [-0.15, -0.1) is 0 Å². The van der Waals surface area contributed by atoms with Crippen LogP contribution in [0.1, 0.15) is 0 Å². The third-order valence-corrected chi connectivity index (χ3v) is 3.36. The molecule has 0 bridgehead atoms. The molecule has 3 aromatic rings. The second-order valence-electron chi connectivity index (χ2n) is 4.84. The number of hydrazine groups is 1. The summed E-state index contributed by atoms with van der Waals surface area (Å²) in [7, 11) is 1.62. The van der Waals surface area contributed by atoms with E-state index in [0.29, 0.717) is 5.69 Å². The molecule has 3 rings (SSSR count). The van der Waals surface area contributed by atoms with Crippen LogP contribution in [-0.4, -0.2) is 17.0 Å². The highest BCUT2D eigenvalue weighted by Crippen LogP contribution is 2.31. The van der Waals surface area contributed by atoms with Crippen molar-refractivity contribution in [3.05, 3.63) is 53.8 Å². The summed E-state index contributed by atoms with van der Waals surface area (Å²) in [6, 6.07) is 7.74. The highest BCUT2D eigenvalue weighted by atomic mass is 19.2. The van der Waals surface area contributed by atoms with Crippen LogP contribution in [0, 0.1) is 17.5 Å². The molecule has 0 aliphatic rings. The number of nitrogens with one attached hydrogen (secondary N) is 1. The summed E-state index contributed by atoms with van der Waals surface area (Å²) in [6.45, 7) is 0. The van der Waals surface area contributed by atoms with E-state index in [1.807, 2.05) is 0 Å². The molecule has 8 heteroatoms. The first kappa shape index (κ1) is 15.0. The van der Waals surface area contributed by atoms with Gasteiger partial charge in [-0.2, -0.15) is 4.98 Å². The van der Waals surface area contributed by atoms with E-state index in [1.54, 1.807) is 13.1 Å². The van der Waals surface area contributed by atoms with E-state index >= 15 is 0 Å². The van der Waals surface area contributed by atoms with Gasteiger partial charge in [-0.25, -0.2) is 24.0 Å². The first-order valence-corrected chi connectivity index (χ1v) is 6.62. The Bertz CT molecular complexity index is 884. The Morgan fingerprint density at radius 2 is 1.78 bits per heavy atom. The van der Waals surface area contributed by atoms with Crippen LogP contribution in [0.2, 0.25) is 0 Å². The monoisotopic (exact) mass is 319 g/mol. The first-order valence-electron chi connectivity index (χ1n) is 6.62. The molecule has 1 heterocycles. The summed E-state index contributed by atoms with van der Waals surface area (Å²) in [5, 5.41) is 0.273. The predicted molar refractivity (Wildman–Crippen MR) is 81.7 cm³/mol. The number of fused-ring (bicyclic) bond motifs is 1. The van der Waals surface area contributed by atoms with Crippen molar-refractivity contribution in [1.29, 1.82) is 0 Å². The van der Waals surface area contributed by atoms with Crippen LogP contribution in [0.15, 0.2) is 36.4 Å². The minimum absolute atomic E-state index is 0.0294. The fourth-order valence-corrected chi connectivity index (χ4v) is 2.23. The molecule has 2 aromatic carbocycles. The number of halogens is 3. The molecule has 3 N–H and O–H groups in total. The summed E-state index contributed by atoms with van der Waals surface area (Å²) in [5.41, 5.74) is 2.93. The van der Waals surface area contributed by atoms with Crippen molar-refractivity contribution in [2.45, 2.75) is 0 Å². The average molecular weight is 319 g/mol. The fraction of sp³-hybridized carbons (Fsp3) is 0.0667. The van der Waals surface area contributed by atoms with Gasteiger partial charge in [-0.05, 0) is 24.3 Å². The zero-order valence-electron chi connectivity index (χ0n) is 12.0. The molecule has 0 atom stereocenters. The lowest BCUT2D eigenvalue weighted by atomic mass is 10.2. The molecule has 0 radical (unpaired) electrons. The molecular weight excluding hydrogens is 307 g/mol. The number of hydrogen-bond acceptors (Lipinski definition) is 5. The summed E-state index contributed by atoms with van der Waals surface area (Å²) < 4.78 is 40.5. The van der Waals surface area contributed by atoms with E-state index < -0.39 is 17.5 Å². The number of anilines is 3. The summed E-state index contributed by atoms with van der Waals surface area (Å²) in [4.78, 5) is 9.69. The van der Waals surface area contributed by atoms with Gasteiger partial charge in [-0.1, -0.05) is 6.07 Å². The zero-order chi connectivity index (χ0) is 16.6. The minimum Gasteiger partial charge on any atom is -0.329 e. The van der Waals surface area contributed by atoms with Gasteiger partial charge < -0.3 is 4.90 Å². The Labute approximate surface area is 129 Å². The predicted octanol–water partition coefficient (Wildman–Crippen LogP) is 3.10. The van der Waals surface area contributed by atoms with E-state index in [9.17, 15) is 13.2 Å². The lowest BCUT2D eigenvalue weighted by Crippen LogP contribution is -2.16. The zero-order valence-corrected chi connectivity index (χ0v) is 12.0. The molecule has 5 nitrogen and oxygen atoms in total. The Kier molecular flexibility index (Phi) is 3.75. The van der Waals surface area contributed by atoms with Crippen molar-refractivity contribution in [2.24, 2.45) is 5.84 Å². The maximum atomic E-state index is 13.6. The SMILES string of the molecule is CN(c1cccc(F)c1)c1nc(NN)nc2cc(F)c(F)cc12. The average Bonchev–Trinajstić information content (AvgIpc) is 2.54. The summed E-state index contributed by atoms with van der Waals surface area (Å²) in [5.74, 6) is 3.12. The van der Waals surface area contributed by atoms with Crippen LogP contribution in [0.3, 0.4) is 0 Å². The van der Waals surface area contributed by atoms with E-state index in [1.165, 1.54) is 23.1 Å². The third kappa shape index (κ3) is 2.76. The van der Waals surface area contributed by atoms with Gasteiger partial charge in [0, 0.05) is 24.2 Å². The Hall–Kier alpha value is -2.87. The van der Waals surface area contributed by atoms with Crippen LogP contribution in [-0.2, 0) is 0 Å². The maximum Gasteiger partial charge on any atom is 0.239 e. The van der Waals surface area contributed by atoms with Gasteiger partial charge in [0.05, 0.1) is 5.52 Å². The highest BCUT2D eigenvalue weighted by Gasteiger charge is 2.16. The van der Waals surface area contributed by atoms with E-state index in [4.69, 9.17) is 5.84 Å². The molecule has 0 spiro atoms. The summed E-state index contributed by atoms with van der Waals surface area (Å²) in [6.07, 6.45) is 0. The topological polar surface area (TPSA) is 67.1 Å². The number of nitrogens with two attached hydrogens (primary N) is 1. The van der Waals surface area contributed by atoms with Crippen molar-refractivity contribution in [3.63, 3.8) is 0 Å². The Morgan fingerprint density at radius 1 is 1.04 bits per heavy atom. The number of rotatable bonds is 3. The molecule has 0 fully saturated rings. The molecule has 118 valence electrons. The van der Waals surface area contributed by atoms with E-state index in [0.717, 1.165) is 12.1 Å². The third-order valence-electron chi connectivity index (χ3n) is 3.36. The molecular formula is C15H12F3N5. The lowest BCUT2D eigenvalue weighted by Gasteiger charge is -2.20. The van der Waals surface area contributed by atoms with Gasteiger partial charge in [0.1, 0.15) is 11.6 Å². The number of nitrogens with zero attached hydrogens (tertiary/aromatic N) is 3. The number of nitrogen functional groups attached to an aromatic ring is 1. The first-order chi connectivity index (χ1) is 11.0. The molecule has 0 saturated carbocycles. The standard InChI is InChI=1S/C15H12F3N5/c1-23(9-4-2-3-8(16)5-9)14-10-6-11(17)12(18)7-13(10)20-15(21-14)22-19/h2-7H,19H2,1H3,(H,20,21,22). The number of hydrogen-bond donors (Lipinski definition) is 2.